The number of aliphatic hydroxyl groups is 2. The summed E-state index contributed by atoms with van der Waals surface area (Å²) in [6.45, 7) is 4.35. The molecule has 3 heterocycles. The Morgan fingerprint density at radius 2 is 1.93 bits per heavy atom. The summed E-state index contributed by atoms with van der Waals surface area (Å²) in [5, 5.41) is 23.7. The fourth-order valence-electron chi connectivity index (χ4n) is 5.74. The van der Waals surface area contributed by atoms with Crippen LogP contribution >= 0.6 is 0 Å². The number of sulfonamides is 1. The van der Waals surface area contributed by atoms with E-state index < -0.39 is 40.5 Å². The molecule has 42 heavy (non-hydrogen) atoms. The molecular weight excluding hydrogens is 564 g/mol. The summed E-state index contributed by atoms with van der Waals surface area (Å²) in [4.78, 5) is 13.1. The maximum absolute atomic E-state index is 13.9. The molecule has 0 aromatic heterocycles. The summed E-state index contributed by atoms with van der Waals surface area (Å²) < 4.78 is 51.4. The molecule has 0 aliphatic carbocycles. The first-order chi connectivity index (χ1) is 20.1. The second kappa shape index (κ2) is 13.3. The van der Waals surface area contributed by atoms with Crippen molar-refractivity contribution >= 4 is 16.1 Å². The minimum atomic E-state index is -4.02. The average molecular weight is 605 g/mol. The van der Waals surface area contributed by atoms with E-state index >= 15 is 0 Å². The van der Waals surface area contributed by atoms with E-state index in [9.17, 15) is 23.4 Å². The van der Waals surface area contributed by atoms with E-state index in [1.165, 1.54) is 10.4 Å². The normalized spacial score (nSPS) is 24.7. The smallest absolute Gasteiger partial charge is 0.407 e. The third-order valence-corrected chi connectivity index (χ3v) is 9.71. The van der Waals surface area contributed by atoms with Crippen LogP contribution in [-0.4, -0.2) is 92.6 Å². The molecule has 2 saturated heterocycles. The molecule has 6 atom stereocenters. The topological polar surface area (TPSA) is 144 Å². The zero-order valence-corrected chi connectivity index (χ0v) is 24.7. The molecule has 3 aliphatic heterocycles. The van der Waals surface area contributed by atoms with Gasteiger partial charge in [0.05, 0.1) is 42.8 Å². The monoisotopic (exact) mass is 604 g/mol. The molecule has 3 aliphatic rings. The molecule has 0 bridgehead atoms. The van der Waals surface area contributed by atoms with Gasteiger partial charge in [0.2, 0.25) is 10.0 Å². The Kier molecular flexibility index (Phi) is 9.70. The minimum absolute atomic E-state index is 0.0297. The Balaban J connectivity index is 1.33. The highest BCUT2D eigenvalue weighted by atomic mass is 32.2. The fourth-order valence-corrected chi connectivity index (χ4v) is 7.42. The van der Waals surface area contributed by atoms with Crippen LogP contribution in [-0.2, 0) is 37.1 Å². The van der Waals surface area contributed by atoms with Gasteiger partial charge in [0.1, 0.15) is 18.0 Å². The Bertz CT molecular complexity index is 1320. The van der Waals surface area contributed by atoms with Crippen molar-refractivity contribution in [1.82, 2.24) is 9.62 Å². The standard InChI is InChI=1S/C30H40N2O9S/c1-19(2)15-32(42(36,37)23-8-9-27-21(14-23)13-22(17-33)40-27)16-26(34)25(12-20-6-4-3-5-7-20)31-30(35)41-28-18-39-29-24(28)10-11-38-29/h3-9,14,19,22,24-26,28-29,33-34H,10-13,15-18H2,1-2H3,(H,31,35)/t22?,24?,25-,26+,28-,29+/m0/s1. The number of alkyl carbamates (subject to hydrolysis) is 1. The summed E-state index contributed by atoms with van der Waals surface area (Å²) in [5.74, 6) is 0.487. The number of ether oxygens (including phenoxy) is 4. The summed E-state index contributed by atoms with van der Waals surface area (Å²) in [7, 11) is -4.02. The first kappa shape index (κ1) is 30.7. The van der Waals surface area contributed by atoms with Crippen LogP contribution in [0.4, 0.5) is 4.79 Å². The van der Waals surface area contributed by atoms with E-state index in [0.29, 0.717) is 24.3 Å². The Labute approximate surface area is 246 Å². The number of nitrogens with one attached hydrogen (secondary N) is 1. The highest BCUT2D eigenvalue weighted by Crippen LogP contribution is 2.34. The second-order valence-electron chi connectivity index (χ2n) is 11.6. The van der Waals surface area contributed by atoms with Crippen molar-refractivity contribution in [2.24, 2.45) is 11.8 Å². The second-order valence-corrected chi connectivity index (χ2v) is 13.5. The number of hydrogen-bond acceptors (Lipinski definition) is 9. The summed E-state index contributed by atoms with van der Waals surface area (Å²) >= 11 is 0. The van der Waals surface area contributed by atoms with Gasteiger partial charge in [-0.05, 0) is 48.1 Å². The van der Waals surface area contributed by atoms with E-state index in [-0.39, 0.29) is 55.7 Å². The van der Waals surface area contributed by atoms with E-state index in [4.69, 9.17) is 18.9 Å². The lowest BCUT2D eigenvalue weighted by Crippen LogP contribution is -2.51. The number of carbonyl (C=O) groups excluding carboxylic acids is 1. The average Bonchev–Trinajstić information content (AvgIpc) is 3.69. The Hall–Kier alpha value is -2.74. The van der Waals surface area contributed by atoms with Gasteiger partial charge in [-0.1, -0.05) is 44.2 Å². The third kappa shape index (κ3) is 7.07. The third-order valence-electron chi connectivity index (χ3n) is 7.88. The minimum Gasteiger partial charge on any atom is -0.487 e. The van der Waals surface area contributed by atoms with Gasteiger partial charge in [-0.15, -0.1) is 0 Å². The van der Waals surface area contributed by atoms with E-state index in [0.717, 1.165) is 12.0 Å². The van der Waals surface area contributed by atoms with E-state index in [2.05, 4.69) is 5.32 Å². The molecule has 230 valence electrons. The molecule has 2 aromatic rings. The molecule has 2 unspecified atom stereocenters. The van der Waals surface area contributed by atoms with Crippen molar-refractivity contribution in [3.8, 4) is 5.75 Å². The predicted molar refractivity (Wildman–Crippen MR) is 152 cm³/mol. The van der Waals surface area contributed by atoms with Crippen molar-refractivity contribution in [1.29, 1.82) is 0 Å². The van der Waals surface area contributed by atoms with Crippen LogP contribution in [0.1, 0.15) is 31.4 Å². The SMILES string of the molecule is CC(C)CN(C[C@@H](O)[C@H](Cc1ccccc1)NC(=O)O[C@H]1CO[C@H]2OCCC21)S(=O)(=O)c1ccc2c(c1)CC(CO)O2. The van der Waals surface area contributed by atoms with E-state index in [1.807, 2.05) is 44.2 Å². The van der Waals surface area contributed by atoms with Gasteiger partial charge in [0, 0.05) is 19.5 Å². The van der Waals surface area contributed by atoms with Gasteiger partial charge in [0.25, 0.3) is 0 Å². The molecule has 11 nitrogen and oxygen atoms in total. The zero-order valence-electron chi connectivity index (χ0n) is 23.9. The fraction of sp³-hybridized carbons (Fsp3) is 0.567. The van der Waals surface area contributed by atoms with Crippen LogP contribution in [0.3, 0.4) is 0 Å². The Morgan fingerprint density at radius 1 is 1.14 bits per heavy atom. The number of aliphatic hydroxyl groups excluding tert-OH is 2. The van der Waals surface area contributed by atoms with Gasteiger partial charge < -0.3 is 34.5 Å². The zero-order chi connectivity index (χ0) is 29.9. The summed E-state index contributed by atoms with van der Waals surface area (Å²) in [6, 6.07) is 13.2. The lowest BCUT2D eigenvalue weighted by Gasteiger charge is -2.31. The molecule has 0 saturated carbocycles. The van der Waals surface area contributed by atoms with E-state index in [1.54, 1.807) is 12.1 Å². The largest absolute Gasteiger partial charge is 0.487 e. The molecule has 0 spiro atoms. The number of benzene rings is 2. The molecule has 1 amide bonds. The van der Waals surface area contributed by atoms with Crippen LogP contribution in [0.25, 0.3) is 0 Å². The van der Waals surface area contributed by atoms with Crippen LogP contribution in [0, 0.1) is 11.8 Å². The molecular formula is C30H40N2O9S. The van der Waals surface area contributed by atoms with Crippen molar-refractivity contribution in [2.45, 2.75) is 68.6 Å². The highest BCUT2D eigenvalue weighted by molar-refractivity contribution is 7.89. The number of fused-ring (bicyclic) bond motifs is 2. The highest BCUT2D eigenvalue weighted by Gasteiger charge is 2.44. The van der Waals surface area contributed by atoms with Gasteiger partial charge >= 0.3 is 6.09 Å². The Morgan fingerprint density at radius 3 is 2.67 bits per heavy atom. The number of hydrogen-bond donors (Lipinski definition) is 3. The van der Waals surface area contributed by atoms with Crippen molar-refractivity contribution in [3.05, 3.63) is 59.7 Å². The molecule has 2 aromatic carbocycles. The van der Waals surface area contributed by atoms with Crippen LogP contribution in [0.15, 0.2) is 53.4 Å². The van der Waals surface area contributed by atoms with Crippen molar-refractivity contribution < 1.29 is 42.4 Å². The van der Waals surface area contributed by atoms with Crippen LogP contribution in [0.5, 0.6) is 5.75 Å². The number of rotatable bonds is 12. The molecule has 3 N–H and O–H groups in total. The van der Waals surface area contributed by atoms with Gasteiger partial charge in [-0.3, -0.25) is 0 Å². The van der Waals surface area contributed by atoms with Crippen LogP contribution in [0.2, 0.25) is 0 Å². The lowest BCUT2D eigenvalue weighted by atomic mass is 10.0. The first-order valence-corrected chi connectivity index (χ1v) is 15.9. The van der Waals surface area contributed by atoms with Gasteiger partial charge in [0.15, 0.2) is 6.29 Å². The number of carbonyl (C=O) groups is 1. The lowest BCUT2D eigenvalue weighted by molar-refractivity contribution is -0.0907. The van der Waals surface area contributed by atoms with Crippen molar-refractivity contribution in [3.63, 3.8) is 0 Å². The maximum Gasteiger partial charge on any atom is 0.407 e. The van der Waals surface area contributed by atoms with Crippen molar-refractivity contribution in [2.75, 3.05) is 32.9 Å². The summed E-state index contributed by atoms with van der Waals surface area (Å²) in [6.07, 6.45) is -1.77. The quantitative estimate of drug-likeness (QED) is 0.332. The maximum atomic E-state index is 13.9. The molecule has 12 heteroatoms. The van der Waals surface area contributed by atoms with Gasteiger partial charge in [-0.2, -0.15) is 4.31 Å². The number of amides is 1. The molecule has 2 fully saturated rings. The predicted octanol–water partition coefficient (Wildman–Crippen LogP) is 2.09. The summed E-state index contributed by atoms with van der Waals surface area (Å²) in [5.41, 5.74) is 1.57. The van der Waals surface area contributed by atoms with Gasteiger partial charge in [-0.25, -0.2) is 13.2 Å². The van der Waals surface area contributed by atoms with Crippen LogP contribution < -0.4 is 10.1 Å². The first-order valence-electron chi connectivity index (χ1n) is 14.5. The molecule has 5 rings (SSSR count). The number of nitrogens with zero attached hydrogens (tertiary/aromatic N) is 1. The molecule has 0 radical (unpaired) electrons.